The number of hydrogen-bond donors (Lipinski definition) is 3. The van der Waals surface area contributed by atoms with Gasteiger partial charge in [-0.25, -0.2) is 4.79 Å². The molecule has 0 spiro atoms. The average Bonchev–Trinajstić information content (AvgIpc) is 3.45. The Bertz CT molecular complexity index is 1240. The number of anilines is 1. The maximum atomic E-state index is 12.6. The van der Waals surface area contributed by atoms with Crippen molar-refractivity contribution in [3.63, 3.8) is 0 Å². The monoisotopic (exact) mass is 460 g/mol. The molecule has 9 heteroatoms. The number of ether oxygens (including phenoxy) is 1. The molecule has 0 bridgehead atoms. The van der Waals surface area contributed by atoms with Crippen LogP contribution in [0.2, 0.25) is 0 Å². The minimum atomic E-state index is -0.849. The molecule has 1 fully saturated rings. The van der Waals surface area contributed by atoms with Gasteiger partial charge in [-0.15, -0.1) is 0 Å². The van der Waals surface area contributed by atoms with Crippen LogP contribution in [-0.4, -0.2) is 46.0 Å². The fraction of sp³-hybridized carbons (Fsp3) is 0.280. The Hall–Kier alpha value is -4.14. The van der Waals surface area contributed by atoms with Gasteiger partial charge in [0.05, 0.1) is 12.1 Å². The van der Waals surface area contributed by atoms with Crippen molar-refractivity contribution in [2.75, 3.05) is 18.5 Å². The number of carbonyl (C=O) groups is 3. The second-order valence-corrected chi connectivity index (χ2v) is 8.63. The second kappa shape index (κ2) is 8.66. The molecule has 5 rings (SSSR count). The molecule has 3 aromatic rings. The summed E-state index contributed by atoms with van der Waals surface area (Å²) in [5.74, 6) is -1.63. The van der Waals surface area contributed by atoms with E-state index in [2.05, 4.69) is 27.9 Å². The molecule has 2 aliphatic carbocycles. The number of aromatic nitrogens is 2. The van der Waals surface area contributed by atoms with E-state index in [0.717, 1.165) is 22.3 Å². The molecule has 2 unspecified atom stereocenters. The highest BCUT2D eigenvalue weighted by Gasteiger charge is 2.43. The number of nitrogens with one attached hydrogen (secondary N) is 2. The molecule has 0 aliphatic heterocycles. The van der Waals surface area contributed by atoms with E-state index >= 15 is 0 Å². The highest BCUT2D eigenvalue weighted by atomic mass is 16.5. The van der Waals surface area contributed by atoms with Crippen molar-refractivity contribution < 1.29 is 24.2 Å². The van der Waals surface area contributed by atoms with E-state index in [0.29, 0.717) is 6.42 Å². The maximum Gasteiger partial charge on any atom is 0.412 e. The minimum absolute atomic E-state index is 0.0725. The van der Waals surface area contributed by atoms with Gasteiger partial charge < -0.3 is 15.2 Å². The lowest BCUT2D eigenvalue weighted by Gasteiger charge is -2.15. The van der Waals surface area contributed by atoms with Crippen LogP contribution in [0, 0.1) is 11.8 Å². The smallest absolute Gasteiger partial charge is 0.412 e. The Labute approximate surface area is 195 Å². The standard InChI is InChI=1S/C25H24N4O5/c1-29-22(20(12-27-29)23(30)26-11-14-10-19(14)24(31)32)28-25(33)34-13-21-17-8-4-2-6-15(17)16-7-3-5-9-18(16)21/h2-9,12,14,19,21H,10-11,13H2,1H3,(H,26,30)(H,28,33)(H,31,32). The zero-order valence-electron chi connectivity index (χ0n) is 18.5. The summed E-state index contributed by atoms with van der Waals surface area (Å²) in [6.45, 7) is 0.409. The summed E-state index contributed by atoms with van der Waals surface area (Å²) in [5.41, 5.74) is 4.68. The van der Waals surface area contributed by atoms with E-state index in [1.165, 1.54) is 10.9 Å². The molecule has 34 heavy (non-hydrogen) atoms. The van der Waals surface area contributed by atoms with E-state index in [9.17, 15) is 14.4 Å². The third-order valence-corrected chi connectivity index (χ3v) is 6.51. The van der Waals surface area contributed by atoms with Gasteiger partial charge in [-0.05, 0) is 34.6 Å². The van der Waals surface area contributed by atoms with E-state index in [1.54, 1.807) is 7.05 Å². The second-order valence-electron chi connectivity index (χ2n) is 8.63. The summed E-state index contributed by atoms with van der Waals surface area (Å²) in [6, 6.07) is 16.1. The first-order valence-electron chi connectivity index (χ1n) is 11.1. The molecule has 2 aromatic carbocycles. The predicted molar refractivity (Wildman–Crippen MR) is 123 cm³/mol. The summed E-state index contributed by atoms with van der Waals surface area (Å²) in [7, 11) is 1.61. The van der Waals surface area contributed by atoms with E-state index in [-0.39, 0.29) is 36.4 Å². The van der Waals surface area contributed by atoms with Crippen LogP contribution < -0.4 is 10.6 Å². The Balaban J connectivity index is 1.23. The molecule has 1 aromatic heterocycles. The molecule has 1 heterocycles. The Morgan fingerprint density at radius 1 is 1.09 bits per heavy atom. The number of rotatable bonds is 7. The number of aryl methyl sites for hydroxylation is 1. The number of benzene rings is 2. The van der Waals surface area contributed by atoms with Crippen molar-refractivity contribution in [1.29, 1.82) is 0 Å². The first kappa shape index (κ1) is 21.7. The summed E-state index contributed by atoms with van der Waals surface area (Å²) < 4.78 is 6.95. The molecule has 2 amide bonds. The van der Waals surface area contributed by atoms with E-state index in [1.807, 2.05) is 36.4 Å². The third kappa shape index (κ3) is 4.00. The van der Waals surface area contributed by atoms with Crippen molar-refractivity contribution in [2.45, 2.75) is 12.3 Å². The average molecular weight is 460 g/mol. The molecule has 2 atom stereocenters. The van der Waals surface area contributed by atoms with Crippen molar-refractivity contribution in [1.82, 2.24) is 15.1 Å². The molecule has 0 radical (unpaired) electrons. The van der Waals surface area contributed by atoms with E-state index < -0.39 is 23.9 Å². The fourth-order valence-electron chi connectivity index (χ4n) is 4.58. The predicted octanol–water partition coefficient (Wildman–Crippen LogP) is 3.23. The summed E-state index contributed by atoms with van der Waals surface area (Å²) >= 11 is 0. The van der Waals surface area contributed by atoms with Crippen LogP contribution in [0.25, 0.3) is 11.1 Å². The van der Waals surface area contributed by atoms with Crippen molar-refractivity contribution in [2.24, 2.45) is 18.9 Å². The zero-order chi connectivity index (χ0) is 23.8. The minimum Gasteiger partial charge on any atom is -0.481 e. The Kier molecular flexibility index (Phi) is 5.53. The van der Waals surface area contributed by atoms with Gasteiger partial charge in [0, 0.05) is 19.5 Å². The maximum absolute atomic E-state index is 12.6. The van der Waals surface area contributed by atoms with Gasteiger partial charge >= 0.3 is 12.1 Å². The molecule has 3 N–H and O–H groups in total. The van der Waals surface area contributed by atoms with Gasteiger partial charge in [0.2, 0.25) is 0 Å². The highest BCUT2D eigenvalue weighted by Crippen LogP contribution is 2.44. The summed E-state index contributed by atoms with van der Waals surface area (Å²) in [5, 5.41) is 18.4. The summed E-state index contributed by atoms with van der Waals surface area (Å²) in [4.78, 5) is 36.2. The first-order valence-corrected chi connectivity index (χ1v) is 11.1. The number of carboxylic acid groups (broad SMARTS) is 1. The third-order valence-electron chi connectivity index (χ3n) is 6.51. The zero-order valence-corrected chi connectivity index (χ0v) is 18.5. The van der Waals surface area contributed by atoms with E-state index in [4.69, 9.17) is 9.84 Å². The lowest BCUT2D eigenvalue weighted by molar-refractivity contribution is -0.138. The number of fused-ring (bicyclic) bond motifs is 3. The van der Waals surface area contributed by atoms with Crippen LogP contribution in [0.1, 0.15) is 33.8 Å². The van der Waals surface area contributed by atoms with Crippen molar-refractivity contribution >= 4 is 23.8 Å². The van der Waals surface area contributed by atoms with Gasteiger partial charge in [0.1, 0.15) is 18.0 Å². The number of nitrogens with zero attached hydrogens (tertiary/aromatic N) is 2. The fourth-order valence-corrected chi connectivity index (χ4v) is 4.58. The number of carboxylic acids is 1. The Morgan fingerprint density at radius 2 is 1.74 bits per heavy atom. The van der Waals surface area contributed by atoms with Crippen molar-refractivity contribution in [3.8, 4) is 11.1 Å². The van der Waals surface area contributed by atoms with Crippen LogP contribution in [0.3, 0.4) is 0 Å². The topological polar surface area (TPSA) is 123 Å². The highest BCUT2D eigenvalue weighted by molar-refractivity contribution is 6.01. The molecular formula is C25H24N4O5. The molecule has 0 saturated heterocycles. The lowest BCUT2D eigenvalue weighted by Crippen LogP contribution is -2.28. The van der Waals surface area contributed by atoms with Crippen LogP contribution in [0.5, 0.6) is 0 Å². The van der Waals surface area contributed by atoms with Crippen molar-refractivity contribution in [3.05, 3.63) is 71.4 Å². The molecule has 9 nitrogen and oxygen atoms in total. The van der Waals surface area contributed by atoms with Gasteiger partial charge in [0.25, 0.3) is 5.91 Å². The summed E-state index contributed by atoms with van der Waals surface area (Å²) in [6.07, 6.45) is 1.22. The SMILES string of the molecule is Cn1ncc(C(=O)NCC2CC2C(=O)O)c1NC(=O)OCC1c2ccccc2-c2ccccc21. The first-order chi connectivity index (χ1) is 16.4. The lowest BCUT2D eigenvalue weighted by atomic mass is 9.98. The molecule has 174 valence electrons. The molecular weight excluding hydrogens is 436 g/mol. The number of amides is 2. The number of aliphatic carboxylic acids is 1. The van der Waals surface area contributed by atoms with Crippen LogP contribution in [0.4, 0.5) is 10.6 Å². The van der Waals surface area contributed by atoms with Gasteiger partial charge in [-0.2, -0.15) is 5.10 Å². The Morgan fingerprint density at radius 3 is 2.35 bits per heavy atom. The van der Waals surface area contributed by atoms with Gasteiger partial charge in [-0.1, -0.05) is 48.5 Å². The van der Waals surface area contributed by atoms with Crippen LogP contribution in [0.15, 0.2) is 54.7 Å². The van der Waals surface area contributed by atoms with Gasteiger partial charge in [-0.3, -0.25) is 19.6 Å². The van der Waals surface area contributed by atoms with Gasteiger partial charge in [0.15, 0.2) is 0 Å². The largest absolute Gasteiger partial charge is 0.481 e. The quantitative estimate of drug-likeness (QED) is 0.498. The number of carbonyl (C=O) groups excluding carboxylic acids is 2. The molecule has 2 aliphatic rings. The van der Waals surface area contributed by atoms with Crippen LogP contribution >= 0.6 is 0 Å². The number of hydrogen-bond acceptors (Lipinski definition) is 5. The molecule has 1 saturated carbocycles. The normalized spacial score (nSPS) is 18.0. The van der Waals surface area contributed by atoms with Crippen LogP contribution in [-0.2, 0) is 16.6 Å².